The largest absolute Gasteiger partial charge is 0.429 e. The average molecular weight is 496 g/mol. The number of ether oxygens (including phenoxy) is 2. The number of alkyl halides is 4. The van der Waals surface area contributed by atoms with Crippen molar-refractivity contribution in [2.24, 2.45) is 0 Å². The fourth-order valence-electron chi connectivity index (χ4n) is 3.51. The van der Waals surface area contributed by atoms with Crippen LogP contribution in [0.25, 0.3) is 0 Å². The lowest BCUT2D eigenvalue weighted by Crippen LogP contribution is -2.25. The number of benzene rings is 3. The van der Waals surface area contributed by atoms with Gasteiger partial charge in [0.05, 0.1) is 5.56 Å². The van der Waals surface area contributed by atoms with Gasteiger partial charge in [-0.05, 0) is 72.9 Å². The van der Waals surface area contributed by atoms with Gasteiger partial charge in [0.25, 0.3) is 0 Å². The zero-order valence-electron chi connectivity index (χ0n) is 19.4. The molecule has 0 bridgehead atoms. The lowest BCUT2D eigenvalue weighted by molar-refractivity contribution is -0.188. The maximum absolute atomic E-state index is 14.6. The summed E-state index contributed by atoms with van der Waals surface area (Å²) in [7, 11) is 0. The summed E-state index contributed by atoms with van der Waals surface area (Å²) in [6, 6.07) is 11.6. The van der Waals surface area contributed by atoms with Gasteiger partial charge in [-0.2, -0.15) is 17.6 Å². The Morgan fingerprint density at radius 1 is 0.629 bits per heavy atom. The smallest absolute Gasteiger partial charge is 0.429 e. The van der Waals surface area contributed by atoms with Gasteiger partial charge in [0.2, 0.25) is 0 Å². The summed E-state index contributed by atoms with van der Waals surface area (Å²) in [6.45, 7) is 3.80. The molecule has 0 aromatic heterocycles. The summed E-state index contributed by atoms with van der Waals surface area (Å²) in [4.78, 5) is 0. The Morgan fingerprint density at radius 2 is 1.20 bits per heavy atom. The highest BCUT2D eigenvalue weighted by Crippen LogP contribution is 2.37. The van der Waals surface area contributed by atoms with E-state index >= 15 is 0 Å². The lowest BCUT2D eigenvalue weighted by Gasteiger charge is -2.21. The van der Waals surface area contributed by atoms with Crippen LogP contribution in [0.15, 0.2) is 60.7 Å². The van der Waals surface area contributed by atoms with E-state index in [2.05, 4.69) is 11.7 Å². The molecule has 2 nitrogen and oxygen atoms in total. The highest BCUT2D eigenvalue weighted by Gasteiger charge is 2.40. The third-order valence-electron chi connectivity index (χ3n) is 5.42. The molecule has 0 aliphatic heterocycles. The highest BCUT2D eigenvalue weighted by molar-refractivity contribution is 5.34. The molecule has 0 spiro atoms. The van der Waals surface area contributed by atoms with E-state index in [0.717, 1.165) is 61.2 Å². The van der Waals surface area contributed by atoms with Crippen molar-refractivity contribution in [2.45, 2.75) is 58.2 Å². The second-order valence-corrected chi connectivity index (χ2v) is 8.16. The second kappa shape index (κ2) is 11.1. The first-order valence-electron chi connectivity index (χ1n) is 11.4. The predicted octanol–water partition coefficient (Wildman–Crippen LogP) is 8.52. The fraction of sp³-hybridized carbons (Fsp3) is 0.333. The lowest BCUT2D eigenvalue weighted by atomic mass is 10.1. The molecule has 8 heteroatoms. The van der Waals surface area contributed by atoms with E-state index in [1.165, 1.54) is 12.1 Å². The first-order chi connectivity index (χ1) is 16.6. The van der Waals surface area contributed by atoms with Gasteiger partial charge in [0, 0.05) is 0 Å². The molecule has 0 radical (unpaired) electrons. The molecule has 0 N–H and O–H groups in total. The summed E-state index contributed by atoms with van der Waals surface area (Å²) in [5, 5.41) is 0. The van der Waals surface area contributed by atoms with E-state index in [-0.39, 0.29) is 17.7 Å². The van der Waals surface area contributed by atoms with Gasteiger partial charge in [-0.25, -0.2) is 8.78 Å². The second-order valence-electron chi connectivity index (χ2n) is 8.16. The highest BCUT2D eigenvalue weighted by atomic mass is 19.3. The van der Waals surface area contributed by atoms with Gasteiger partial charge in [0.1, 0.15) is 17.1 Å². The van der Waals surface area contributed by atoms with Crippen molar-refractivity contribution < 1.29 is 35.8 Å². The van der Waals surface area contributed by atoms with Gasteiger partial charge in [-0.3, -0.25) is 0 Å². The number of aryl methyl sites for hydroxylation is 2. The zero-order valence-corrected chi connectivity index (χ0v) is 19.4. The van der Waals surface area contributed by atoms with E-state index < -0.39 is 40.7 Å². The molecule has 0 aliphatic carbocycles. The average Bonchev–Trinajstić information content (AvgIpc) is 2.81. The van der Waals surface area contributed by atoms with Crippen LogP contribution in [0.4, 0.5) is 26.3 Å². The molecule has 0 aliphatic rings. The van der Waals surface area contributed by atoms with Crippen molar-refractivity contribution in [2.75, 3.05) is 0 Å². The molecule has 0 heterocycles. The van der Waals surface area contributed by atoms with Crippen LogP contribution in [0.3, 0.4) is 0 Å². The van der Waals surface area contributed by atoms with Crippen molar-refractivity contribution >= 4 is 0 Å². The van der Waals surface area contributed by atoms with Crippen LogP contribution in [-0.2, 0) is 25.1 Å². The zero-order chi connectivity index (χ0) is 25.6. The van der Waals surface area contributed by atoms with E-state index in [0.29, 0.717) is 6.42 Å². The number of unbranched alkanes of at least 4 members (excludes halogenated alkanes) is 1. The molecule has 3 rings (SSSR count). The topological polar surface area (TPSA) is 18.5 Å². The number of rotatable bonds is 11. The van der Waals surface area contributed by atoms with Gasteiger partial charge in [0.15, 0.2) is 11.6 Å². The molecule has 0 unspecified atom stereocenters. The minimum Gasteiger partial charge on any atom is -0.429 e. The number of halogens is 6. The Morgan fingerprint density at radius 3 is 1.77 bits per heavy atom. The van der Waals surface area contributed by atoms with Gasteiger partial charge in [-0.15, -0.1) is 0 Å². The monoisotopic (exact) mass is 496 g/mol. The Labute approximate surface area is 200 Å². The van der Waals surface area contributed by atoms with Crippen LogP contribution in [0.5, 0.6) is 11.5 Å². The molecule has 188 valence electrons. The third kappa shape index (κ3) is 6.50. The fourth-order valence-corrected chi connectivity index (χ4v) is 3.51. The van der Waals surface area contributed by atoms with Crippen molar-refractivity contribution in [3.05, 3.63) is 94.6 Å². The van der Waals surface area contributed by atoms with E-state index in [9.17, 15) is 26.3 Å². The Hall–Kier alpha value is -3.16. The first kappa shape index (κ1) is 26.4. The summed E-state index contributed by atoms with van der Waals surface area (Å²) in [5.74, 6) is -3.63. The number of hydrogen-bond donors (Lipinski definition) is 0. The van der Waals surface area contributed by atoms with Crippen LogP contribution in [0, 0.1) is 11.6 Å². The van der Waals surface area contributed by atoms with E-state index in [1.54, 1.807) is 19.1 Å². The van der Waals surface area contributed by atoms with Gasteiger partial charge >= 0.3 is 12.2 Å². The van der Waals surface area contributed by atoms with E-state index in [1.807, 2.05) is 0 Å². The molecular formula is C27H26F6O2. The normalized spacial score (nSPS) is 12.0. The summed E-state index contributed by atoms with van der Waals surface area (Å²) in [5.41, 5.74) is -0.896. The van der Waals surface area contributed by atoms with Crippen LogP contribution in [0.2, 0.25) is 0 Å². The summed E-state index contributed by atoms with van der Waals surface area (Å²) in [6.07, 6.45) is -4.44. The molecule has 0 atom stereocenters. The van der Waals surface area contributed by atoms with Crippen molar-refractivity contribution in [3.63, 3.8) is 0 Å². The van der Waals surface area contributed by atoms with Gasteiger partial charge < -0.3 is 9.47 Å². The van der Waals surface area contributed by atoms with Crippen molar-refractivity contribution in [1.29, 1.82) is 0 Å². The molecule has 3 aromatic rings. The Kier molecular flexibility index (Phi) is 8.35. The standard InChI is InChI=1S/C27H26F6O2/c1-3-5-7-18-8-13-21(14-9-18)34-26(30,31)20-11-15-22(16-12-20)35-27(32,33)23-17-10-19(6-4-2)24(28)25(23)29/h8-17H,3-7H2,1-2H3. The van der Waals surface area contributed by atoms with Crippen molar-refractivity contribution in [1.82, 2.24) is 0 Å². The molecule has 35 heavy (non-hydrogen) atoms. The SMILES string of the molecule is CCCCc1ccc(OC(F)(F)c2ccc(OC(F)(F)c3ccc(CCC)c(F)c3F)cc2)cc1. The molecular weight excluding hydrogens is 470 g/mol. The molecule has 0 amide bonds. The predicted molar refractivity (Wildman–Crippen MR) is 121 cm³/mol. The molecule has 0 saturated carbocycles. The third-order valence-corrected chi connectivity index (χ3v) is 5.42. The molecule has 0 saturated heterocycles. The Bertz CT molecular complexity index is 1110. The minimum absolute atomic E-state index is 0.0215. The maximum Gasteiger partial charge on any atom is 0.429 e. The quantitative estimate of drug-likeness (QED) is 0.248. The summed E-state index contributed by atoms with van der Waals surface area (Å²) >= 11 is 0. The van der Waals surface area contributed by atoms with Crippen LogP contribution in [-0.4, -0.2) is 0 Å². The number of hydrogen-bond acceptors (Lipinski definition) is 2. The maximum atomic E-state index is 14.6. The minimum atomic E-state index is -4.23. The molecule has 0 fully saturated rings. The van der Waals surface area contributed by atoms with Crippen LogP contribution in [0.1, 0.15) is 55.4 Å². The van der Waals surface area contributed by atoms with E-state index in [4.69, 9.17) is 4.74 Å². The van der Waals surface area contributed by atoms with Crippen LogP contribution >= 0.6 is 0 Å². The van der Waals surface area contributed by atoms with Crippen LogP contribution < -0.4 is 9.47 Å². The summed E-state index contributed by atoms with van der Waals surface area (Å²) < 4.78 is 95.9. The Balaban J connectivity index is 1.71. The van der Waals surface area contributed by atoms with Crippen molar-refractivity contribution in [3.8, 4) is 11.5 Å². The first-order valence-corrected chi connectivity index (χ1v) is 11.4. The van der Waals surface area contributed by atoms with Gasteiger partial charge in [-0.1, -0.05) is 44.9 Å². The molecule has 3 aromatic carbocycles.